The van der Waals surface area contributed by atoms with Crippen molar-refractivity contribution in [1.82, 2.24) is 25.6 Å². The first-order valence-electron chi connectivity index (χ1n) is 8.04. The number of aromatic nitrogens is 3. The molecule has 25 heavy (non-hydrogen) atoms. The average molecular weight is 354 g/mol. The number of rotatable bonds is 4. The minimum atomic E-state index is -0.307. The molecule has 0 aliphatic carbocycles. The molecule has 3 N–H and O–H groups in total. The van der Waals surface area contributed by atoms with Crippen LogP contribution in [0.3, 0.4) is 0 Å². The lowest BCUT2D eigenvalue weighted by Gasteiger charge is -2.13. The van der Waals surface area contributed by atoms with E-state index in [-0.39, 0.29) is 18.0 Å². The summed E-state index contributed by atoms with van der Waals surface area (Å²) in [6, 6.07) is 9.48. The monoisotopic (exact) mass is 354 g/mol. The van der Waals surface area contributed by atoms with Gasteiger partial charge in [0.2, 0.25) is 5.91 Å². The SMILES string of the molecule is Cc1ccc(C2CC(C(=O)Nc3cccnc3-n3cccn3)NN2)s1. The summed E-state index contributed by atoms with van der Waals surface area (Å²) >= 11 is 1.75. The third kappa shape index (κ3) is 3.32. The second-order valence-electron chi connectivity index (χ2n) is 5.89. The predicted octanol–water partition coefficient (Wildman–Crippen LogP) is 2.18. The van der Waals surface area contributed by atoms with Crippen LogP contribution in [0.25, 0.3) is 5.82 Å². The van der Waals surface area contributed by atoms with Crippen molar-refractivity contribution in [2.75, 3.05) is 5.32 Å². The van der Waals surface area contributed by atoms with Crippen molar-refractivity contribution in [1.29, 1.82) is 0 Å². The molecule has 0 bridgehead atoms. The Kier molecular flexibility index (Phi) is 4.31. The summed E-state index contributed by atoms with van der Waals surface area (Å²) in [5.74, 6) is 0.502. The van der Waals surface area contributed by atoms with Crippen LogP contribution in [-0.2, 0) is 4.79 Å². The first-order valence-corrected chi connectivity index (χ1v) is 8.85. The van der Waals surface area contributed by atoms with Gasteiger partial charge in [-0.15, -0.1) is 11.3 Å². The van der Waals surface area contributed by atoms with Gasteiger partial charge in [-0.25, -0.2) is 20.5 Å². The fourth-order valence-corrected chi connectivity index (χ4v) is 3.79. The summed E-state index contributed by atoms with van der Waals surface area (Å²) in [6.07, 6.45) is 5.85. The molecule has 0 aromatic carbocycles. The van der Waals surface area contributed by atoms with Crippen molar-refractivity contribution < 1.29 is 4.79 Å². The van der Waals surface area contributed by atoms with Gasteiger partial charge in [0.1, 0.15) is 6.04 Å². The third-order valence-electron chi connectivity index (χ3n) is 4.09. The molecule has 3 aromatic heterocycles. The van der Waals surface area contributed by atoms with Gasteiger partial charge >= 0.3 is 0 Å². The molecule has 3 aromatic rings. The molecule has 1 aliphatic rings. The van der Waals surface area contributed by atoms with Crippen LogP contribution >= 0.6 is 11.3 Å². The molecule has 0 spiro atoms. The van der Waals surface area contributed by atoms with Crippen LogP contribution < -0.4 is 16.2 Å². The predicted molar refractivity (Wildman–Crippen MR) is 96.5 cm³/mol. The van der Waals surface area contributed by atoms with Gasteiger partial charge in [-0.05, 0) is 43.7 Å². The summed E-state index contributed by atoms with van der Waals surface area (Å²) in [4.78, 5) is 19.5. The van der Waals surface area contributed by atoms with Crippen molar-refractivity contribution in [2.45, 2.75) is 25.4 Å². The second kappa shape index (κ2) is 6.75. The Morgan fingerprint density at radius 2 is 2.20 bits per heavy atom. The highest BCUT2D eigenvalue weighted by atomic mass is 32.1. The number of nitrogens with one attached hydrogen (secondary N) is 3. The van der Waals surface area contributed by atoms with Crippen molar-refractivity contribution in [3.8, 4) is 5.82 Å². The summed E-state index contributed by atoms with van der Waals surface area (Å²) in [6.45, 7) is 2.08. The maximum absolute atomic E-state index is 12.7. The maximum Gasteiger partial charge on any atom is 0.243 e. The van der Waals surface area contributed by atoms with E-state index in [1.54, 1.807) is 40.7 Å². The van der Waals surface area contributed by atoms with E-state index in [1.165, 1.54) is 9.75 Å². The summed E-state index contributed by atoms with van der Waals surface area (Å²) in [5.41, 5.74) is 6.93. The third-order valence-corrected chi connectivity index (χ3v) is 5.20. The van der Waals surface area contributed by atoms with Crippen LogP contribution in [0.2, 0.25) is 0 Å². The minimum absolute atomic E-state index is 0.0929. The zero-order valence-corrected chi connectivity index (χ0v) is 14.5. The number of aryl methyl sites for hydroxylation is 1. The number of hydrogen-bond acceptors (Lipinski definition) is 6. The van der Waals surface area contributed by atoms with Gasteiger partial charge in [-0.3, -0.25) is 4.79 Å². The van der Waals surface area contributed by atoms with Crippen LogP contribution in [0.5, 0.6) is 0 Å². The molecule has 2 atom stereocenters. The van der Waals surface area contributed by atoms with E-state index >= 15 is 0 Å². The van der Waals surface area contributed by atoms with Gasteiger partial charge in [0.25, 0.3) is 0 Å². The Balaban J connectivity index is 1.47. The number of hydrogen-bond donors (Lipinski definition) is 3. The van der Waals surface area contributed by atoms with Crippen LogP contribution in [0, 0.1) is 6.92 Å². The van der Waals surface area contributed by atoms with E-state index in [0.717, 1.165) is 0 Å². The van der Waals surface area contributed by atoms with Gasteiger partial charge < -0.3 is 5.32 Å². The molecule has 4 heterocycles. The standard InChI is InChI=1S/C17H18N6OS/c1-11-5-6-15(25-11)13-10-14(22-21-13)17(24)20-12-4-2-7-18-16(12)23-9-3-8-19-23/h2-9,13-14,21-22H,10H2,1H3,(H,20,24). The minimum Gasteiger partial charge on any atom is -0.321 e. The quantitative estimate of drug-likeness (QED) is 0.669. The smallest absolute Gasteiger partial charge is 0.243 e. The van der Waals surface area contributed by atoms with Crippen molar-refractivity contribution in [2.24, 2.45) is 0 Å². The largest absolute Gasteiger partial charge is 0.321 e. The van der Waals surface area contributed by atoms with Gasteiger partial charge in [0.15, 0.2) is 5.82 Å². The molecule has 128 valence electrons. The van der Waals surface area contributed by atoms with Gasteiger partial charge in [0, 0.05) is 28.3 Å². The highest BCUT2D eigenvalue weighted by Gasteiger charge is 2.31. The number of carbonyl (C=O) groups excluding carboxylic acids is 1. The van der Waals surface area contributed by atoms with Crippen molar-refractivity contribution >= 4 is 22.9 Å². The Morgan fingerprint density at radius 1 is 1.28 bits per heavy atom. The second-order valence-corrected chi connectivity index (χ2v) is 7.21. The molecular formula is C17H18N6OS. The van der Waals surface area contributed by atoms with Crippen molar-refractivity contribution in [3.05, 3.63) is 58.7 Å². The first kappa shape index (κ1) is 15.9. The van der Waals surface area contributed by atoms with Gasteiger partial charge in [0.05, 0.1) is 11.7 Å². The number of anilines is 1. The number of nitrogens with zero attached hydrogens (tertiary/aromatic N) is 3. The zero-order valence-electron chi connectivity index (χ0n) is 13.6. The maximum atomic E-state index is 12.7. The summed E-state index contributed by atoms with van der Waals surface area (Å²) in [7, 11) is 0. The lowest BCUT2D eigenvalue weighted by molar-refractivity contribution is -0.117. The van der Waals surface area contributed by atoms with Gasteiger partial charge in [-0.1, -0.05) is 0 Å². The number of pyridine rings is 1. The molecule has 8 heteroatoms. The topological polar surface area (TPSA) is 83.9 Å². The molecule has 1 saturated heterocycles. The highest BCUT2D eigenvalue weighted by Crippen LogP contribution is 2.29. The number of amides is 1. The summed E-state index contributed by atoms with van der Waals surface area (Å²) < 4.78 is 1.63. The highest BCUT2D eigenvalue weighted by molar-refractivity contribution is 7.12. The zero-order chi connectivity index (χ0) is 17.2. The van der Waals surface area contributed by atoms with E-state index < -0.39 is 0 Å². The van der Waals surface area contributed by atoms with Gasteiger partial charge in [-0.2, -0.15) is 5.10 Å². The van der Waals surface area contributed by atoms with E-state index in [1.807, 2.05) is 12.1 Å². The number of hydrazine groups is 1. The normalized spacial score (nSPS) is 19.9. The molecule has 4 rings (SSSR count). The van der Waals surface area contributed by atoms with Crippen LogP contribution in [0.15, 0.2) is 48.9 Å². The van der Waals surface area contributed by atoms with Crippen molar-refractivity contribution in [3.63, 3.8) is 0 Å². The molecule has 7 nitrogen and oxygen atoms in total. The van der Waals surface area contributed by atoms with E-state index in [0.29, 0.717) is 17.9 Å². The lowest BCUT2D eigenvalue weighted by atomic mass is 10.1. The fourth-order valence-electron chi connectivity index (χ4n) is 2.85. The molecule has 0 radical (unpaired) electrons. The van der Waals surface area contributed by atoms with E-state index in [4.69, 9.17) is 0 Å². The Morgan fingerprint density at radius 3 is 2.96 bits per heavy atom. The number of carbonyl (C=O) groups is 1. The fraction of sp³-hybridized carbons (Fsp3) is 0.235. The Labute approximate surface area is 149 Å². The molecule has 0 saturated carbocycles. The average Bonchev–Trinajstić information content (AvgIpc) is 3.36. The molecule has 1 fully saturated rings. The number of thiophene rings is 1. The Bertz CT molecular complexity index is 875. The molecule has 2 unspecified atom stereocenters. The molecular weight excluding hydrogens is 336 g/mol. The van der Waals surface area contributed by atoms with E-state index in [9.17, 15) is 4.79 Å². The van der Waals surface area contributed by atoms with E-state index in [2.05, 4.69) is 45.3 Å². The van der Waals surface area contributed by atoms with Crippen LogP contribution in [-0.4, -0.2) is 26.7 Å². The lowest BCUT2D eigenvalue weighted by Crippen LogP contribution is -2.39. The Hall–Kier alpha value is -2.55. The molecule has 1 aliphatic heterocycles. The molecule has 1 amide bonds. The van der Waals surface area contributed by atoms with Crippen LogP contribution in [0.4, 0.5) is 5.69 Å². The summed E-state index contributed by atoms with van der Waals surface area (Å²) in [5, 5.41) is 7.14. The van der Waals surface area contributed by atoms with Crippen LogP contribution in [0.1, 0.15) is 22.2 Å². The first-order chi connectivity index (χ1) is 12.2.